The van der Waals surface area contributed by atoms with Crippen molar-refractivity contribution in [3.05, 3.63) is 59.9 Å². The molecule has 3 N–H and O–H groups in total. The Bertz CT molecular complexity index is 502. The lowest BCUT2D eigenvalue weighted by molar-refractivity contribution is 0.250. The molecule has 0 saturated heterocycles. The van der Waals surface area contributed by atoms with E-state index in [0.29, 0.717) is 5.69 Å². The molecule has 4 heteroatoms. The first-order valence-electron chi connectivity index (χ1n) is 5.22. The number of halogens is 1. The SMILES string of the molecule is Nc1ccc(F)cc1N(O)Cc1ccccc1. The van der Waals surface area contributed by atoms with Crippen molar-refractivity contribution in [1.82, 2.24) is 0 Å². The van der Waals surface area contributed by atoms with E-state index in [4.69, 9.17) is 5.73 Å². The van der Waals surface area contributed by atoms with Crippen LogP contribution in [0.4, 0.5) is 15.8 Å². The highest BCUT2D eigenvalue weighted by molar-refractivity contribution is 5.66. The molecule has 0 unspecified atom stereocenters. The normalized spacial score (nSPS) is 10.2. The summed E-state index contributed by atoms with van der Waals surface area (Å²) in [6.45, 7) is 0.258. The van der Waals surface area contributed by atoms with E-state index >= 15 is 0 Å². The number of rotatable bonds is 3. The maximum atomic E-state index is 13.1. The summed E-state index contributed by atoms with van der Waals surface area (Å²) in [4.78, 5) is 0. The predicted octanol–water partition coefficient (Wildman–Crippen LogP) is 2.80. The average molecular weight is 232 g/mol. The van der Waals surface area contributed by atoms with Crippen LogP contribution in [0.15, 0.2) is 48.5 Å². The molecule has 0 saturated carbocycles. The highest BCUT2D eigenvalue weighted by Gasteiger charge is 2.08. The molecule has 0 atom stereocenters. The summed E-state index contributed by atoms with van der Waals surface area (Å²) in [5, 5.41) is 10.8. The quantitative estimate of drug-likeness (QED) is 0.632. The zero-order valence-corrected chi connectivity index (χ0v) is 9.18. The molecule has 3 nitrogen and oxygen atoms in total. The van der Waals surface area contributed by atoms with Crippen molar-refractivity contribution in [3.8, 4) is 0 Å². The highest BCUT2D eigenvalue weighted by Crippen LogP contribution is 2.24. The number of benzene rings is 2. The standard InChI is InChI=1S/C13H13FN2O/c14-11-6-7-12(15)13(8-11)16(17)9-10-4-2-1-3-5-10/h1-8,17H,9,15H2. The average Bonchev–Trinajstić information content (AvgIpc) is 2.33. The fraction of sp³-hybridized carbons (Fsp3) is 0.0769. The monoisotopic (exact) mass is 232 g/mol. The van der Waals surface area contributed by atoms with Gasteiger partial charge in [0, 0.05) is 6.07 Å². The van der Waals surface area contributed by atoms with Crippen molar-refractivity contribution in [3.63, 3.8) is 0 Å². The van der Waals surface area contributed by atoms with Gasteiger partial charge in [-0.15, -0.1) is 0 Å². The van der Waals surface area contributed by atoms with E-state index in [1.54, 1.807) is 0 Å². The van der Waals surface area contributed by atoms with Gasteiger partial charge in [-0.2, -0.15) is 0 Å². The van der Waals surface area contributed by atoms with E-state index in [1.807, 2.05) is 30.3 Å². The van der Waals surface area contributed by atoms with Crippen molar-refractivity contribution in [2.75, 3.05) is 10.8 Å². The van der Waals surface area contributed by atoms with Crippen LogP contribution in [0.5, 0.6) is 0 Å². The molecule has 0 radical (unpaired) electrons. The maximum absolute atomic E-state index is 13.1. The largest absolute Gasteiger partial charge is 0.397 e. The second-order valence-electron chi connectivity index (χ2n) is 3.75. The maximum Gasteiger partial charge on any atom is 0.125 e. The molecule has 0 amide bonds. The van der Waals surface area contributed by atoms with Crippen LogP contribution >= 0.6 is 0 Å². The molecule has 0 aliphatic carbocycles. The Morgan fingerprint density at radius 3 is 2.53 bits per heavy atom. The summed E-state index contributed by atoms with van der Waals surface area (Å²) < 4.78 is 13.1. The second-order valence-corrected chi connectivity index (χ2v) is 3.75. The number of nitrogen functional groups attached to an aromatic ring is 1. The Kier molecular flexibility index (Phi) is 3.25. The van der Waals surface area contributed by atoms with Crippen molar-refractivity contribution in [2.45, 2.75) is 6.54 Å². The van der Waals surface area contributed by atoms with Gasteiger partial charge in [0.2, 0.25) is 0 Å². The van der Waals surface area contributed by atoms with Crippen molar-refractivity contribution >= 4 is 11.4 Å². The summed E-state index contributed by atoms with van der Waals surface area (Å²) >= 11 is 0. The first-order chi connectivity index (χ1) is 8.16. The van der Waals surface area contributed by atoms with E-state index in [9.17, 15) is 9.60 Å². The lowest BCUT2D eigenvalue weighted by Gasteiger charge is -2.18. The molecule has 0 spiro atoms. The van der Waals surface area contributed by atoms with Gasteiger partial charge in [-0.25, -0.2) is 4.39 Å². The van der Waals surface area contributed by atoms with Gasteiger partial charge in [-0.05, 0) is 17.7 Å². The predicted molar refractivity (Wildman–Crippen MR) is 65.2 cm³/mol. The van der Waals surface area contributed by atoms with E-state index in [-0.39, 0.29) is 12.2 Å². The number of hydrogen-bond donors (Lipinski definition) is 2. The number of nitrogens with two attached hydrogens (primary N) is 1. The molecule has 0 heterocycles. The molecule has 0 aliphatic rings. The lowest BCUT2D eigenvalue weighted by Crippen LogP contribution is -2.18. The summed E-state index contributed by atoms with van der Waals surface area (Å²) in [5.41, 5.74) is 7.20. The highest BCUT2D eigenvalue weighted by atomic mass is 19.1. The van der Waals surface area contributed by atoms with Crippen LogP contribution < -0.4 is 10.8 Å². The molecule has 2 rings (SSSR count). The van der Waals surface area contributed by atoms with Crippen LogP contribution in [0.2, 0.25) is 0 Å². The van der Waals surface area contributed by atoms with Gasteiger partial charge in [0.1, 0.15) is 5.82 Å². The third-order valence-electron chi connectivity index (χ3n) is 2.45. The van der Waals surface area contributed by atoms with Crippen molar-refractivity contribution in [2.24, 2.45) is 0 Å². The van der Waals surface area contributed by atoms with Gasteiger partial charge in [0.05, 0.1) is 17.9 Å². The van der Waals surface area contributed by atoms with Gasteiger partial charge in [-0.3, -0.25) is 10.3 Å². The smallest absolute Gasteiger partial charge is 0.125 e. The minimum atomic E-state index is -0.429. The zero-order chi connectivity index (χ0) is 12.3. The molecule has 17 heavy (non-hydrogen) atoms. The zero-order valence-electron chi connectivity index (χ0n) is 9.18. The third kappa shape index (κ3) is 2.73. The van der Waals surface area contributed by atoms with Gasteiger partial charge in [0.15, 0.2) is 0 Å². The summed E-state index contributed by atoms with van der Waals surface area (Å²) in [6, 6.07) is 13.3. The number of nitrogens with zero attached hydrogens (tertiary/aromatic N) is 1. The molecule has 2 aromatic carbocycles. The van der Waals surface area contributed by atoms with E-state index in [1.165, 1.54) is 18.2 Å². The van der Waals surface area contributed by atoms with Crippen LogP contribution in [0.3, 0.4) is 0 Å². The van der Waals surface area contributed by atoms with Gasteiger partial charge >= 0.3 is 0 Å². The molecule has 0 bridgehead atoms. The minimum absolute atomic E-state index is 0.258. The molecule has 0 aromatic heterocycles. The Morgan fingerprint density at radius 1 is 1.12 bits per heavy atom. The fourth-order valence-corrected chi connectivity index (χ4v) is 1.58. The summed E-state index contributed by atoms with van der Waals surface area (Å²) in [7, 11) is 0. The fourth-order valence-electron chi connectivity index (χ4n) is 1.58. The van der Waals surface area contributed by atoms with Crippen LogP contribution in [-0.2, 0) is 6.54 Å². The summed E-state index contributed by atoms with van der Waals surface area (Å²) in [5.74, 6) is -0.429. The van der Waals surface area contributed by atoms with Crippen LogP contribution in [0, 0.1) is 5.82 Å². The second kappa shape index (κ2) is 4.84. The Hall–Kier alpha value is -2.07. The number of hydroxylamine groups is 1. The van der Waals surface area contributed by atoms with Crippen molar-refractivity contribution < 1.29 is 9.60 Å². The lowest BCUT2D eigenvalue weighted by atomic mass is 10.2. The summed E-state index contributed by atoms with van der Waals surface area (Å²) in [6.07, 6.45) is 0. The molecule has 0 aliphatic heterocycles. The molecule has 2 aromatic rings. The van der Waals surface area contributed by atoms with Crippen LogP contribution in [0.1, 0.15) is 5.56 Å². The van der Waals surface area contributed by atoms with Crippen LogP contribution in [0.25, 0.3) is 0 Å². The minimum Gasteiger partial charge on any atom is -0.397 e. The number of anilines is 2. The Morgan fingerprint density at radius 2 is 1.82 bits per heavy atom. The van der Waals surface area contributed by atoms with E-state index in [2.05, 4.69) is 0 Å². The van der Waals surface area contributed by atoms with Crippen LogP contribution in [-0.4, -0.2) is 5.21 Å². The topological polar surface area (TPSA) is 49.5 Å². The molecule has 88 valence electrons. The molecule has 0 fully saturated rings. The Balaban J connectivity index is 2.20. The molecular formula is C13H13FN2O. The van der Waals surface area contributed by atoms with E-state index < -0.39 is 5.82 Å². The Labute approximate surface area is 98.9 Å². The molecular weight excluding hydrogens is 219 g/mol. The first-order valence-corrected chi connectivity index (χ1v) is 5.22. The van der Waals surface area contributed by atoms with Gasteiger partial charge in [-0.1, -0.05) is 30.3 Å². The first kappa shape index (κ1) is 11.4. The van der Waals surface area contributed by atoms with Gasteiger partial charge < -0.3 is 5.73 Å². The van der Waals surface area contributed by atoms with E-state index in [0.717, 1.165) is 10.6 Å². The van der Waals surface area contributed by atoms with Gasteiger partial charge in [0.25, 0.3) is 0 Å². The third-order valence-corrected chi connectivity index (χ3v) is 2.45. The van der Waals surface area contributed by atoms with Crippen molar-refractivity contribution in [1.29, 1.82) is 0 Å². The number of hydrogen-bond acceptors (Lipinski definition) is 3.